The van der Waals surface area contributed by atoms with Crippen LogP contribution in [0.25, 0.3) is 0 Å². The lowest BCUT2D eigenvalue weighted by molar-refractivity contribution is 0.0686. The summed E-state index contributed by atoms with van der Waals surface area (Å²) in [6.07, 6.45) is 3.99. The maximum absolute atomic E-state index is 10.2. The van der Waals surface area contributed by atoms with Crippen LogP contribution in [0.2, 0.25) is 0 Å². The summed E-state index contributed by atoms with van der Waals surface area (Å²) < 4.78 is 0. The molecule has 0 aliphatic rings. The molecule has 0 radical (unpaired) electrons. The molecule has 2 unspecified atom stereocenters. The van der Waals surface area contributed by atoms with Crippen LogP contribution in [0.4, 0.5) is 0 Å². The highest BCUT2D eigenvalue weighted by molar-refractivity contribution is 5.87. The minimum atomic E-state index is -0.879. The molecular weight excluding hydrogens is 384 g/mol. The van der Waals surface area contributed by atoms with Gasteiger partial charge in [-0.25, -0.2) is 9.59 Å². The molecule has 0 bridgehead atoms. The molecule has 0 saturated heterocycles. The van der Waals surface area contributed by atoms with Crippen LogP contribution in [0.15, 0.2) is 60.7 Å². The fourth-order valence-corrected chi connectivity index (χ4v) is 3.04. The minimum Gasteiger partial charge on any atom is -0.478 e. The standard InChI is InChI=1S/C10H22O2.2C7H6O2/c1-3-9(5-7-11)10(4-2)6-8-12;2*8-7(9)6-4-2-1-3-5-6/h9-12H,3-8H2,1-2H3;2*1-5H,(H,8,9). The van der Waals surface area contributed by atoms with Crippen LogP contribution in [0.3, 0.4) is 0 Å². The molecular formula is C24H34O6. The Kier molecular flexibility index (Phi) is 15.6. The summed E-state index contributed by atoms with van der Waals surface area (Å²) in [5.74, 6) is -0.578. The Morgan fingerprint density at radius 1 is 0.667 bits per heavy atom. The number of hydrogen-bond acceptors (Lipinski definition) is 4. The SMILES string of the molecule is CCC(CCO)C(CC)CCO.O=C(O)c1ccccc1.O=C(O)c1ccccc1. The number of carboxylic acid groups (broad SMARTS) is 2. The molecule has 2 atom stereocenters. The molecule has 0 aliphatic carbocycles. The summed E-state index contributed by atoms with van der Waals surface area (Å²) in [4.78, 5) is 20.4. The first-order chi connectivity index (χ1) is 14.4. The second-order valence-corrected chi connectivity index (χ2v) is 6.70. The number of aromatic carboxylic acids is 2. The molecule has 6 nitrogen and oxygen atoms in total. The van der Waals surface area contributed by atoms with Crippen molar-refractivity contribution in [3.8, 4) is 0 Å². The Morgan fingerprint density at radius 3 is 1.13 bits per heavy atom. The van der Waals surface area contributed by atoms with E-state index in [4.69, 9.17) is 20.4 Å². The smallest absolute Gasteiger partial charge is 0.335 e. The van der Waals surface area contributed by atoms with Gasteiger partial charge in [-0.15, -0.1) is 0 Å². The van der Waals surface area contributed by atoms with E-state index in [0.29, 0.717) is 23.0 Å². The predicted octanol–water partition coefficient (Wildman–Crippen LogP) is 4.57. The molecule has 2 rings (SSSR count). The second-order valence-electron chi connectivity index (χ2n) is 6.70. The van der Waals surface area contributed by atoms with Crippen LogP contribution in [0.1, 0.15) is 60.2 Å². The largest absolute Gasteiger partial charge is 0.478 e. The first-order valence-electron chi connectivity index (χ1n) is 10.2. The minimum absolute atomic E-state index is 0.278. The molecule has 2 aromatic carbocycles. The zero-order valence-electron chi connectivity index (χ0n) is 17.8. The van der Waals surface area contributed by atoms with Crippen LogP contribution in [0.5, 0.6) is 0 Å². The van der Waals surface area contributed by atoms with Gasteiger partial charge in [-0.3, -0.25) is 0 Å². The average Bonchev–Trinajstić information content (AvgIpc) is 2.78. The predicted molar refractivity (Wildman–Crippen MR) is 118 cm³/mol. The lowest BCUT2D eigenvalue weighted by Crippen LogP contribution is -2.16. The Labute approximate surface area is 178 Å². The number of carboxylic acids is 2. The highest BCUT2D eigenvalue weighted by Crippen LogP contribution is 2.25. The van der Waals surface area contributed by atoms with Crippen LogP contribution in [0, 0.1) is 11.8 Å². The Hall–Kier alpha value is -2.70. The lowest BCUT2D eigenvalue weighted by atomic mass is 9.84. The van der Waals surface area contributed by atoms with Crippen molar-refractivity contribution < 1.29 is 30.0 Å². The molecule has 0 saturated carbocycles. The normalized spacial score (nSPS) is 11.7. The number of aliphatic hydroxyl groups is 2. The zero-order valence-corrected chi connectivity index (χ0v) is 17.8. The summed E-state index contributed by atoms with van der Waals surface area (Å²) in [5.41, 5.74) is 0.662. The maximum atomic E-state index is 10.2. The van der Waals surface area contributed by atoms with Gasteiger partial charge in [0.2, 0.25) is 0 Å². The average molecular weight is 419 g/mol. The number of rotatable bonds is 9. The van der Waals surface area contributed by atoms with E-state index in [1.165, 1.54) is 0 Å². The van der Waals surface area contributed by atoms with Crippen molar-refractivity contribution in [1.82, 2.24) is 0 Å². The fourth-order valence-electron chi connectivity index (χ4n) is 3.04. The third-order valence-electron chi connectivity index (χ3n) is 4.76. The second kappa shape index (κ2) is 17.2. The van der Waals surface area contributed by atoms with E-state index in [1.807, 2.05) is 0 Å². The van der Waals surface area contributed by atoms with Gasteiger partial charge in [-0.1, -0.05) is 63.1 Å². The monoisotopic (exact) mass is 418 g/mol. The fraction of sp³-hybridized carbons (Fsp3) is 0.417. The summed E-state index contributed by atoms with van der Waals surface area (Å²) >= 11 is 0. The van der Waals surface area contributed by atoms with Gasteiger partial charge in [-0.2, -0.15) is 0 Å². The van der Waals surface area contributed by atoms with E-state index in [2.05, 4.69) is 13.8 Å². The Balaban J connectivity index is 0.000000426. The van der Waals surface area contributed by atoms with Gasteiger partial charge in [-0.05, 0) is 48.9 Å². The van der Waals surface area contributed by atoms with Gasteiger partial charge in [0.1, 0.15) is 0 Å². The highest BCUT2D eigenvalue weighted by atomic mass is 16.4. The summed E-state index contributed by atoms with van der Waals surface area (Å²) in [6, 6.07) is 16.6. The lowest BCUT2D eigenvalue weighted by Gasteiger charge is -2.23. The van der Waals surface area contributed by atoms with E-state index in [9.17, 15) is 9.59 Å². The molecule has 4 N–H and O–H groups in total. The van der Waals surface area contributed by atoms with Crippen molar-refractivity contribution in [2.24, 2.45) is 11.8 Å². The quantitative estimate of drug-likeness (QED) is 0.474. The Morgan fingerprint density at radius 2 is 0.967 bits per heavy atom. The molecule has 0 heterocycles. The molecule has 0 spiro atoms. The molecule has 166 valence electrons. The van der Waals surface area contributed by atoms with Gasteiger partial charge in [0.05, 0.1) is 11.1 Å². The molecule has 0 amide bonds. The molecule has 2 aromatic rings. The maximum Gasteiger partial charge on any atom is 0.335 e. The number of hydrogen-bond donors (Lipinski definition) is 4. The van der Waals surface area contributed by atoms with Crippen LogP contribution in [-0.4, -0.2) is 45.6 Å². The van der Waals surface area contributed by atoms with E-state index in [-0.39, 0.29) is 13.2 Å². The van der Waals surface area contributed by atoms with Crippen LogP contribution < -0.4 is 0 Å². The van der Waals surface area contributed by atoms with Crippen molar-refractivity contribution in [2.45, 2.75) is 39.5 Å². The molecule has 0 fully saturated rings. The van der Waals surface area contributed by atoms with Crippen LogP contribution in [-0.2, 0) is 0 Å². The molecule has 30 heavy (non-hydrogen) atoms. The van der Waals surface area contributed by atoms with E-state index < -0.39 is 11.9 Å². The van der Waals surface area contributed by atoms with Crippen molar-refractivity contribution in [3.05, 3.63) is 71.8 Å². The van der Waals surface area contributed by atoms with Gasteiger partial charge in [0, 0.05) is 13.2 Å². The first-order valence-corrected chi connectivity index (χ1v) is 10.2. The van der Waals surface area contributed by atoms with Crippen molar-refractivity contribution in [2.75, 3.05) is 13.2 Å². The topological polar surface area (TPSA) is 115 Å². The number of carbonyl (C=O) groups is 2. The van der Waals surface area contributed by atoms with Gasteiger partial charge < -0.3 is 20.4 Å². The third-order valence-corrected chi connectivity index (χ3v) is 4.76. The Bertz CT molecular complexity index is 626. The van der Waals surface area contributed by atoms with Gasteiger partial charge in [0.15, 0.2) is 0 Å². The van der Waals surface area contributed by atoms with Gasteiger partial charge >= 0.3 is 11.9 Å². The highest BCUT2D eigenvalue weighted by Gasteiger charge is 2.16. The van der Waals surface area contributed by atoms with E-state index in [1.54, 1.807) is 60.7 Å². The van der Waals surface area contributed by atoms with Crippen molar-refractivity contribution in [1.29, 1.82) is 0 Å². The van der Waals surface area contributed by atoms with Crippen molar-refractivity contribution in [3.63, 3.8) is 0 Å². The van der Waals surface area contributed by atoms with Crippen molar-refractivity contribution >= 4 is 11.9 Å². The first kappa shape index (κ1) is 27.3. The van der Waals surface area contributed by atoms with E-state index in [0.717, 1.165) is 25.7 Å². The number of aliphatic hydroxyl groups excluding tert-OH is 2. The summed E-state index contributed by atoms with van der Waals surface area (Å²) in [6.45, 7) is 4.86. The number of benzene rings is 2. The molecule has 6 heteroatoms. The van der Waals surface area contributed by atoms with E-state index >= 15 is 0 Å². The third kappa shape index (κ3) is 12.0. The molecule has 0 aliphatic heterocycles. The van der Waals surface area contributed by atoms with Crippen LogP contribution >= 0.6 is 0 Å². The zero-order chi connectivity index (χ0) is 22.8. The molecule has 0 aromatic heterocycles. The summed E-state index contributed by atoms with van der Waals surface area (Å²) in [7, 11) is 0. The van der Waals surface area contributed by atoms with Gasteiger partial charge in [0.25, 0.3) is 0 Å². The summed E-state index contributed by atoms with van der Waals surface area (Å²) in [5, 5.41) is 34.4.